The van der Waals surface area contributed by atoms with Gasteiger partial charge in [0.15, 0.2) is 5.69 Å². The Morgan fingerprint density at radius 3 is 3.11 bits per heavy atom. The van der Waals surface area contributed by atoms with E-state index in [-0.39, 0.29) is 5.97 Å². The molecule has 1 fully saturated rings. The summed E-state index contributed by atoms with van der Waals surface area (Å²) in [5.41, 5.74) is 2.11. The van der Waals surface area contributed by atoms with Crippen LogP contribution in [0.3, 0.4) is 0 Å². The lowest BCUT2D eigenvalue weighted by Gasteiger charge is -2.11. The lowest BCUT2D eigenvalue weighted by molar-refractivity contribution is 0.0521. The van der Waals surface area contributed by atoms with Gasteiger partial charge in [0.25, 0.3) is 0 Å². The molecular weight excluding hydrogens is 248 g/mol. The van der Waals surface area contributed by atoms with Gasteiger partial charge in [-0.3, -0.25) is 0 Å². The number of nitrogens with one attached hydrogen (secondary N) is 1. The quantitative estimate of drug-likeness (QED) is 0.833. The van der Waals surface area contributed by atoms with Crippen molar-refractivity contribution in [2.75, 3.05) is 18.5 Å². The lowest BCUT2D eigenvalue weighted by atomic mass is 10.1. The standard InChI is InChI=1S/C13H20N2O2S/c1-3-17-13(16)11-12(18-8-15-11)14-7-10-5-4-9(2)6-10/h8-10,14H,3-7H2,1-2H3. The van der Waals surface area contributed by atoms with Gasteiger partial charge in [0.05, 0.1) is 12.1 Å². The zero-order valence-electron chi connectivity index (χ0n) is 10.9. The fraction of sp³-hybridized carbons (Fsp3) is 0.692. The zero-order chi connectivity index (χ0) is 13.0. The summed E-state index contributed by atoms with van der Waals surface area (Å²) in [7, 11) is 0. The average Bonchev–Trinajstić information content (AvgIpc) is 2.95. The molecule has 0 bridgehead atoms. The Kier molecular flexibility index (Phi) is 4.58. The number of esters is 1. The molecule has 0 saturated heterocycles. The van der Waals surface area contributed by atoms with Crippen LogP contribution < -0.4 is 5.32 Å². The molecule has 4 nitrogen and oxygen atoms in total. The van der Waals surface area contributed by atoms with Crippen molar-refractivity contribution in [2.24, 2.45) is 11.8 Å². The van der Waals surface area contributed by atoms with Gasteiger partial charge in [-0.05, 0) is 31.6 Å². The SMILES string of the molecule is CCOC(=O)c1ncsc1NCC1CCC(C)C1. The Hall–Kier alpha value is -1.10. The molecule has 0 radical (unpaired) electrons. The highest BCUT2D eigenvalue weighted by Gasteiger charge is 2.22. The first kappa shape index (κ1) is 13.3. The highest BCUT2D eigenvalue weighted by molar-refractivity contribution is 7.14. The fourth-order valence-electron chi connectivity index (χ4n) is 2.46. The van der Waals surface area contributed by atoms with Crippen LogP contribution >= 0.6 is 11.3 Å². The first-order chi connectivity index (χ1) is 8.70. The van der Waals surface area contributed by atoms with Gasteiger partial charge in [-0.1, -0.05) is 13.3 Å². The van der Waals surface area contributed by atoms with E-state index in [2.05, 4.69) is 17.2 Å². The molecule has 1 aromatic heterocycles. The van der Waals surface area contributed by atoms with Crippen molar-refractivity contribution in [3.05, 3.63) is 11.2 Å². The monoisotopic (exact) mass is 268 g/mol. The van der Waals surface area contributed by atoms with Crippen LogP contribution in [0.1, 0.15) is 43.6 Å². The summed E-state index contributed by atoms with van der Waals surface area (Å²) in [4.78, 5) is 15.7. The van der Waals surface area contributed by atoms with E-state index in [9.17, 15) is 4.79 Å². The first-order valence-corrected chi connectivity index (χ1v) is 7.43. The third-order valence-electron chi connectivity index (χ3n) is 3.39. The molecule has 2 unspecified atom stereocenters. The highest BCUT2D eigenvalue weighted by atomic mass is 32.1. The second kappa shape index (κ2) is 6.18. The second-order valence-electron chi connectivity index (χ2n) is 4.92. The number of hydrogen-bond donors (Lipinski definition) is 1. The topological polar surface area (TPSA) is 51.2 Å². The molecule has 1 saturated carbocycles. The predicted octanol–water partition coefficient (Wildman–Crippen LogP) is 3.17. The van der Waals surface area contributed by atoms with Crippen LogP contribution in [-0.2, 0) is 4.74 Å². The number of rotatable bonds is 5. The van der Waals surface area contributed by atoms with Gasteiger partial charge in [0.1, 0.15) is 5.00 Å². The lowest BCUT2D eigenvalue weighted by Crippen LogP contribution is -2.14. The number of carbonyl (C=O) groups excluding carboxylic acids is 1. The summed E-state index contributed by atoms with van der Waals surface area (Å²) < 4.78 is 4.98. The van der Waals surface area contributed by atoms with Crippen molar-refractivity contribution in [2.45, 2.75) is 33.1 Å². The maximum Gasteiger partial charge on any atom is 0.360 e. The molecule has 1 aliphatic rings. The van der Waals surface area contributed by atoms with Crippen LogP contribution in [0.15, 0.2) is 5.51 Å². The highest BCUT2D eigenvalue weighted by Crippen LogP contribution is 2.31. The molecule has 2 rings (SSSR count). The minimum absolute atomic E-state index is 0.332. The fourth-order valence-corrected chi connectivity index (χ4v) is 3.14. The molecule has 2 atom stereocenters. The Bertz CT molecular complexity index is 405. The molecule has 1 N–H and O–H groups in total. The molecule has 0 aromatic carbocycles. The predicted molar refractivity (Wildman–Crippen MR) is 73.1 cm³/mol. The van der Waals surface area contributed by atoms with Crippen molar-refractivity contribution in [1.82, 2.24) is 4.98 Å². The number of anilines is 1. The minimum atomic E-state index is -0.332. The van der Waals surface area contributed by atoms with Gasteiger partial charge in [0, 0.05) is 6.54 Å². The van der Waals surface area contributed by atoms with Crippen molar-refractivity contribution in [3.8, 4) is 0 Å². The smallest absolute Gasteiger partial charge is 0.360 e. The molecule has 1 heterocycles. The van der Waals surface area contributed by atoms with E-state index in [0.717, 1.165) is 23.4 Å². The first-order valence-electron chi connectivity index (χ1n) is 6.55. The van der Waals surface area contributed by atoms with Crippen LogP contribution in [-0.4, -0.2) is 24.1 Å². The van der Waals surface area contributed by atoms with E-state index in [0.29, 0.717) is 12.3 Å². The Morgan fingerprint density at radius 1 is 1.61 bits per heavy atom. The van der Waals surface area contributed by atoms with Crippen LogP contribution in [0.2, 0.25) is 0 Å². The molecular formula is C13H20N2O2S. The summed E-state index contributed by atoms with van der Waals surface area (Å²) in [6, 6.07) is 0. The molecule has 0 amide bonds. The van der Waals surface area contributed by atoms with Crippen molar-refractivity contribution in [3.63, 3.8) is 0 Å². The van der Waals surface area contributed by atoms with Gasteiger partial charge < -0.3 is 10.1 Å². The summed E-state index contributed by atoms with van der Waals surface area (Å²) in [5.74, 6) is 1.22. The third kappa shape index (κ3) is 3.22. The number of ether oxygens (including phenoxy) is 1. The number of carbonyl (C=O) groups is 1. The Balaban J connectivity index is 1.89. The maximum absolute atomic E-state index is 11.7. The number of nitrogens with zero attached hydrogens (tertiary/aromatic N) is 1. The summed E-state index contributed by atoms with van der Waals surface area (Å²) in [6.45, 7) is 5.42. The van der Waals surface area contributed by atoms with Crippen LogP contribution in [0, 0.1) is 11.8 Å². The Labute approximate surface area is 112 Å². The van der Waals surface area contributed by atoms with Crippen molar-refractivity contribution >= 4 is 22.3 Å². The minimum Gasteiger partial charge on any atom is -0.461 e. The summed E-state index contributed by atoms with van der Waals surface area (Å²) in [5, 5.41) is 4.19. The Morgan fingerprint density at radius 2 is 2.44 bits per heavy atom. The van der Waals surface area contributed by atoms with E-state index in [1.54, 1.807) is 12.4 Å². The molecule has 5 heteroatoms. The van der Waals surface area contributed by atoms with Gasteiger partial charge in [-0.25, -0.2) is 9.78 Å². The van der Waals surface area contributed by atoms with Crippen LogP contribution in [0.25, 0.3) is 0 Å². The number of aromatic nitrogens is 1. The van der Waals surface area contributed by atoms with Gasteiger partial charge in [0.2, 0.25) is 0 Å². The zero-order valence-corrected chi connectivity index (χ0v) is 11.8. The van der Waals surface area contributed by atoms with Crippen molar-refractivity contribution < 1.29 is 9.53 Å². The van der Waals surface area contributed by atoms with E-state index in [1.807, 2.05) is 0 Å². The van der Waals surface area contributed by atoms with E-state index in [1.165, 1.54) is 30.6 Å². The summed E-state index contributed by atoms with van der Waals surface area (Å²) >= 11 is 1.46. The van der Waals surface area contributed by atoms with Crippen LogP contribution in [0.4, 0.5) is 5.00 Å². The molecule has 1 aromatic rings. The number of thiazole rings is 1. The second-order valence-corrected chi connectivity index (χ2v) is 5.77. The third-order valence-corrected chi connectivity index (χ3v) is 4.18. The van der Waals surface area contributed by atoms with Crippen molar-refractivity contribution in [1.29, 1.82) is 0 Å². The van der Waals surface area contributed by atoms with E-state index < -0.39 is 0 Å². The van der Waals surface area contributed by atoms with Gasteiger partial charge in [-0.2, -0.15) is 0 Å². The largest absolute Gasteiger partial charge is 0.461 e. The summed E-state index contributed by atoms with van der Waals surface area (Å²) in [6.07, 6.45) is 3.88. The molecule has 0 aliphatic heterocycles. The molecule has 1 aliphatic carbocycles. The van der Waals surface area contributed by atoms with E-state index in [4.69, 9.17) is 4.74 Å². The maximum atomic E-state index is 11.7. The van der Waals surface area contributed by atoms with E-state index >= 15 is 0 Å². The number of hydrogen-bond acceptors (Lipinski definition) is 5. The molecule has 18 heavy (non-hydrogen) atoms. The van der Waals surface area contributed by atoms with Gasteiger partial charge in [-0.15, -0.1) is 11.3 Å². The normalized spacial score (nSPS) is 23.0. The van der Waals surface area contributed by atoms with Crippen LogP contribution in [0.5, 0.6) is 0 Å². The molecule has 0 spiro atoms. The molecule has 100 valence electrons. The van der Waals surface area contributed by atoms with Gasteiger partial charge >= 0.3 is 5.97 Å². The average molecular weight is 268 g/mol.